The van der Waals surface area contributed by atoms with Crippen LogP contribution in [0.2, 0.25) is 0 Å². The second kappa shape index (κ2) is 7.71. The summed E-state index contributed by atoms with van der Waals surface area (Å²) in [6.07, 6.45) is 4.57. The lowest BCUT2D eigenvalue weighted by atomic mass is 9.98. The average Bonchev–Trinajstić information content (AvgIpc) is 3.75. The van der Waals surface area contributed by atoms with Crippen molar-refractivity contribution in [3.63, 3.8) is 0 Å². The Morgan fingerprint density at radius 3 is 2.25 bits per heavy atom. The van der Waals surface area contributed by atoms with Gasteiger partial charge in [-0.2, -0.15) is 4.57 Å². The molecule has 1 unspecified atom stereocenters. The summed E-state index contributed by atoms with van der Waals surface area (Å²) in [7, 11) is 0. The van der Waals surface area contributed by atoms with E-state index in [0.717, 1.165) is 34.3 Å². The smallest absolute Gasteiger partial charge is 0.404 e. The van der Waals surface area contributed by atoms with Crippen molar-refractivity contribution >= 4 is 21.9 Å². The number of para-hydroxylation sites is 1. The number of aromatic nitrogens is 4. The number of hydrogen-bond donors (Lipinski definition) is 0. The van der Waals surface area contributed by atoms with E-state index in [1.807, 2.05) is 0 Å². The van der Waals surface area contributed by atoms with E-state index < -0.39 is 5.79 Å². The molecule has 4 aromatic heterocycles. The number of hydrogen-bond acceptors (Lipinski definition) is 1. The second-order valence-electron chi connectivity index (χ2n) is 11.9. The first kappa shape index (κ1) is 22.6. The van der Waals surface area contributed by atoms with Crippen molar-refractivity contribution in [3.8, 4) is 51.0 Å². The van der Waals surface area contributed by atoms with Gasteiger partial charge in [-0.1, -0.05) is 77.4 Å². The van der Waals surface area contributed by atoms with E-state index in [4.69, 9.17) is 4.74 Å². The summed E-state index contributed by atoms with van der Waals surface area (Å²) in [5.74, 6) is 0.999. The van der Waals surface area contributed by atoms with Crippen LogP contribution in [-0.4, -0.2) is 9.13 Å². The Morgan fingerprint density at radius 2 is 1.36 bits per heavy atom. The molecule has 4 aromatic carbocycles. The van der Waals surface area contributed by atoms with Gasteiger partial charge in [0.05, 0.1) is 11.5 Å². The fourth-order valence-corrected chi connectivity index (χ4v) is 8.02. The summed E-state index contributed by atoms with van der Waals surface area (Å²) in [5, 5.41) is 2.48. The molecule has 0 aliphatic carbocycles. The molecule has 3 aliphatic rings. The Bertz CT molecular complexity index is 2520. The molecule has 8 aromatic rings. The molecule has 11 rings (SSSR count). The normalized spacial score (nSPS) is 16.5. The summed E-state index contributed by atoms with van der Waals surface area (Å²) in [6, 6.07) is 47.8. The molecule has 7 heterocycles. The van der Waals surface area contributed by atoms with Gasteiger partial charge in [-0.15, -0.1) is 4.57 Å². The maximum atomic E-state index is 6.70. The molecule has 0 saturated heterocycles. The van der Waals surface area contributed by atoms with Gasteiger partial charge in [0, 0.05) is 23.2 Å². The topological polar surface area (TPSA) is 26.8 Å². The lowest BCUT2D eigenvalue weighted by Gasteiger charge is -2.33. The zero-order valence-corrected chi connectivity index (χ0v) is 23.6. The monoisotopic (exact) mass is 564 g/mol. The fraction of sp³-hybridized carbons (Fsp3) is 0.0256. The van der Waals surface area contributed by atoms with Crippen molar-refractivity contribution < 1.29 is 13.9 Å². The van der Waals surface area contributed by atoms with Crippen LogP contribution in [0.4, 0.5) is 0 Å². The highest BCUT2D eigenvalue weighted by atomic mass is 16.5. The molecule has 0 saturated carbocycles. The molecule has 0 N–H and O–H groups in total. The average molecular weight is 565 g/mol. The first-order valence-electron chi connectivity index (χ1n) is 15.0. The molecule has 5 heteroatoms. The van der Waals surface area contributed by atoms with Gasteiger partial charge in [-0.25, -0.2) is 4.57 Å². The van der Waals surface area contributed by atoms with Gasteiger partial charge in [0.1, 0.15) is 17.4 Å². The van der Waals surface area contributed by atoms with E-state index in [1.165, 1.54) is 44.2 Å². The van der Waals surface area contributed by atoms with Crippen LogP contribution in [0.15, 0.2) is 146 Å². The standard InChI is InChI=1S/C39H24N4O/c1-2-9-25(10-3-1)26-18-20-27(21-19-26)28-23-34-32-14-7-17-36-43(32)39(41(34)24-28)37-33(15-6-16-35(37)44-36)42-31-13-5-4-11-29(31)30-12-8-22-40(39)38(30)42/h1-24H/q+2. The first-order chi connectivity index (χ1) is 21.8. The van der Waals surface area contributed by atoms with Gasteiger partial charge in [-0.05, 0) is 65.2 Å². The molecule has 0 radical (unpaired) electrons. The van der Waals surface area contributed by atoms with Gasteiger partial charge in [0.2, 0.25) is 5.69 Å². The third kappa shape index (κ3) is 2.50. The molecule has 44 heavy (non-hydrogen) atoms. The third-order valence-electron chi connectivity index (χ3n) is 9.75. The minimum absolute atomic E-state index is 0.711. The largest absolute Gasteiger partial charge is 0.437 e. The maximum Gasteiger partial charge on any atom is 0.437 e. The number of ether oxygens (including phenoxy) is 1. The minimum atomic E-state index is -0.711. The summed E-state index contributed by atoms with van der Waals surface area (Å²) in [6.45, 7) is 0. The van der Waals surface area contributed by atoms with Crippen LogP contribution in [0.1, 0.15) is 5.56 Å². The van der Waals surface area contributed by atoms with Gasteiger partial charge in [0.15, 0.2) is 17.0 Å². The number of rotatable bonds is 2. The van der Waals surface area contributed by atoms with Crippen molar-refractivity contribution in [1.82, 2.24) is 9.13 Å². The van der Waals surface area contributed by atoms with Crippen LogP contribution >= 0.6 is 0 Å². The van der Waals surface area contributed by atoms with Gasteiger partial charge in [0.25, 0.3) is 0 Å². The molecule has 1 atom stereocenters. The second-order valence-corrected chi connectivity index (χ2v) is 11.9. The van der Waals surface area contributed by atoms with E-state index in [2.05, 4.69) is 164 Å². The van der Waals surface area contributed by atoms with E-state index >= 15 is 0 Å². The lowest BCUT2D eigenvalue weighted by molar-refractivity contribution is -0.973. The highest BCUT2D eigenvalue weighted by molar-refractivity contribution is 6.07. The Labute approximate surface area is 252 Å². The maximum absolute atomic E-state index is 6.70. The van der Waals surface area contributed by atoms with Crippen LogP contribution in [0.25, 0.3) is 61.3 Å². The van der Waals surface area contributed by atoms with E-state index in [9.17, 15) is 0 Å². The SMILES string of the molecule is c1ccc(-c2ccc(-c3cc4n(c3)C35c6c(cccc6-n6c7ccccc7c7ccc[n+]3c76)Oc3cccc-4[n+]35)cc2)cc1. The Morgan fingerprint density at radius 1 is 0.614 bits per heavy atom. The number of benzene rings is 4. The zero-order valence-electron chi connectivity index (χ0n) is 23.6. The molecule has 5 nitrogen and oxygen atoms in total. The van der Waals surface area contributed by atoms with E-state index in [0.29, 0.717) is 0 Å². The lowest BCUT2D eigenvalue weighted by Crippen LogP contribution is -2.78. The van der Waals surface area contributed by atoms with E-state index in [1.54, 1.807) is 0 Å². The predicted molar refractivity (Wildman–Crippen MR) is 170 cm³/mol. The highest BCUT2D eigenvalue weighted by Gasteiger charge is 2.68. The van der Waals surface area contributed by atoms with Crippen molar-refractivity contribution in [2.45, 2.75) is 5.79 Å². The predicted octanol–water partition coefficient (Wildman–Crippen LogP) is 7.65. The van der Waals surface area contributed by atoms with Gasteiger partial charge in [-0.3, -0.25) is 0 Å². The highest BCUT2D eigenvalue weighted by Crippen LogP contribution is 2.51. The van der Waals surface area contributed by atoms with Crippen molar-refractivity contribution in [2.75, 3.05) is 0 Å². The van der Waals surface area contributed by atoms with Crippen LogP contribution < -0.4 is 13.9 Å². The molecule has 1 spiro atoms. The van der Waals surface area contributed by atoms with Crippen LogP contribution in [0, 0.1) is 0 Å². The molecule has 3 aliphatic heterocycles. The molecule has 0 fully saturated rings. The molecule has 0 amide bonds. The number of pyridine rings is 2. The van der Waals surface area contributed by atoms with Gasteiger partial charge < -0.3 is 4.74 Å². The summed E-state index contributed by atoms with van der Waals surface area (Å²) in [4.78, 5) is 0. The van der Waals surface area contributed by atoms with Crippen LogP contribution in [-0.2, 0) is 5.79 Å². The molecular formula is C39H24N4O+2. The Hall–Kier alpha value is -5.94. The summed E-state index contributed by atoms with van der Waals surface area (Å²) < 4.78 is 16.4. The van der Waals surface area contributed by atoms with Crippen molar-refractivity contribution in [2.24, 2.45) is 0 Å². The Kier molecular flexibility index (Phi) is 3.97. The van der Waals surface area contributed by atoms with Crippen LogP contribution in [0.3, 0.4) is 0 Å². The molecule has 0 bridgehead atoms. The Balaban J connectivity index is 1.24. The summed E-state index contributed by atoms with van der Waals surface area (Å²) in [5.41, 5.74) is 11.8. The van der Waals surface area contributed by atoms with E-state index in [-0.39, 0.29) is 0 Å². The van der Waals surface area contributed by atoms with Crippen molar-refractivity contribution in [1.29, 1.82) is 0 Å². The third-order valence-corrected chi connectivity index (χ3v) is 9.75. The van der Waals surface area contributed by atoms with Crippen LogP contribution in [0.5, 0.6) is 11.6 Å². The fourth-order valence-electron chi connectivity index (χ4n) is 8.02. The van der Waals surface area contributed by atoms with Gasteiger partial charge >= 0.3 is 17.3 Å². The van der Waals surface area contributed by atoms with Crippen molar-refractivity contribution in [3.05, 3.63) is 151 Å². The minimum Gasteiger partial charge on any atom is -0.404 e. The number of fused-ring (bicyclic) bond motifs is 6. The summed E-state index contributed by atoms with van der Waals surface area (Å²) >= 11 is 0. The number of nitrogens with zero attached hydrogens (tertiary/aromatic N) is 4. The molecule has 204 valence electrons. The zero-order chi connectivity index (χ0) is 28.6. The quantitative estimate of drug-likeness (QED) is 0.198. The molecular weight excluding hydrogens is 540 g/mol. The first-order valence-corrected chi connectivity index (χ1v) is 15.0.